The summed E-state index contributed by atoms with van der Waals surface area (Å²) in [6.07, 6.45) is 2.82. The molecule has 0 unspecified atom stereocenters. The maximum absolute atomic E-state index is 5.29. The zero-order chi connectivity index (χ0) is 13.1. The molecule has 0 spiro atoms. The molecule has 0 radical (unpaired) electrons. The molecule has 4 heteroatoms. The molecule has 0 fully saturated rings. The molecule has 2 aromatic rings. The molecule has 0 saturated heterocycles. The minimum atomic E-state index is 0.787. The molecule has 0 aliphatic heterocycles. The molecule has 0 bridgehead atoms. The molecule has 2 rings (SSSR count). The number of rotatable bonds is 4. The Balaban J connectivity index is 2.55. The summed E-state index contributed by atoms with van der Waals surface area (Å²) in [5.41, 5.74) is 3.39. The van der Waals surface area contributed by atoms with Gasteiger partial charge in [-0.05, 0) is 24.1 Å². The fraction of sp³-hybridized carbons (Fsp3) is 0.357. The van der Waals surface area contributed by atoms with E-state index in [1.165, 1.54) is 5.69 Å². The lowest BCUT2D eigenvalue weighted by molar-refractivity contribution is 0.394. The highest BCUT2D eigenvalue weighted by molar-refractivity contribution is 5.69. The molecule has 1 aromatic heterocycles. The number of aryl methyl sites for hydroxylation is 1. The Kier molecular flexibility index (Phi) is 3.55. The monoisotopic (exact) mass is 246 g/mol. The lowest BCUT2D eigenvalue weighted by atomic mass is 10.0. The van der Waals surface area contributed by atoms with Crippen molar-refractivity contribution in [1.29, 1.82) is 0 Å². The van der Waals surface area contributed by atoms with Crippen molar-refractivity contribution in [3.8, 4) is 22.6 Å². The van der Waals surface area contributed by atoms with E-state index in [-0.39, 0.29) is 0 Å². The van der Waals surface area contributed by atoms with Gasteiger partial charge in [-0.25, -0.2) is 0 Å². The highest BCUT2D eigenvalue weighted by Crippen LogP contribution is 2.31. The van der Waals surface area contributed by atoms with E-state index >= 15 is 0 Å². The van der Waals surface area contributed by atoms with E-state index in [0.717, 1.165) is 29.0 Å². The minimum Gasteiger partial charge on any atom is -0.497 e. The summed E-state index contributed by atoms with van der Waals surface area (Å²) in [5.74, 6) is 1.57. The number of ether oxygens (including phenoxy) is 2. The fourth-order valence-corrected chi connectivity index (χ4v) is 2.09. The third kappa shape index (κ3) is 2.18. The second-order valence-electron chi connectivity index (χ2n) is 4.08. The Hall–Kier alpha value is -1.97. The highest BCUT2D eigenvalue weighted by atomic mass is 16.5. The van der Waals surface area contributed by atoms with Gasteiger partial charge in [0.25, 0.3) is 0 Å². The summed E-state index contributed by atoms with van der Waals surface area (Å²) in [5, 5.41) is 4.31. The Morgan fingerprint density at radius 2 is 1.72 bits per heavy atom. The second kappa shape index (κ2) is 5.12. The molecule has 1 heterocycles. The van der Waals surface area contributed by atoms with Gasteiger partial charge in [-0.2, -0.15) is 5.10 Å². The maximum atomic E-state index is 5.29. The number of benzene rings is 1. The average Bonchev–Trinajstić information content (AvgIpc) is 2.79. The zero-order valence-electron chi connectivity index (χ0n) is 11.2. The predicted octanol–water partition coefficient (Wildman–Crippen LogP) is 2.67. The van der Waals surface area contributed by atoms with Crippen LogP contribution in [0.5, 0.6) is 11.5 Å². The molecule has 0 N–H and O–H groups in total. The van der Waals surface area contributed by atoms with Crippen LogP contribution in [0.1, 0.15) is 12.6 Å². The van der Waals surface area contributed by atoms with Gasteiger partial charge in [0, 0.05) is 24.4 Å². The number of nitrogens with zero attached hydrogens (tertiary/aromatic N) is 2. The number of hydrogen-bond donors (Lipinski definition) is 0. The largest absolute Gasteiger partial charge is 0.497 e. The molecular weight excluding hydrogens is 228 g/mol. The Bertz CT molecular complexity index is 524. The number of methoxy groups -OCH3 is 2. The minimum absolute atomic E-state index is 0.787. The van der Waals surface area contributed by atoms with E-state index in [9.17, 15) is 0 Å². The summed E-state index contributed by atoms with van der Waals surface area (Å²) in [7, 11) is 5.27. The van der Waals surface area contributed by atoms with Crippen molar-refractivity contribution in [3.05, 3.63) is 30.1 Å². The maximum Gasteiger partial charge on any atom is 0.123 e. The van der Waals surface area contributed by atoms with Gasteiger partial charge >= 0.3 is 0 Å². The third-order valence-electron chi connectivity index (χ3n) is 3.06. The fourth-order valence-electron chi connectivity index (χ4n) is 2.09. The first kappa shape index (κ1) is 12.5. The van der Waals surface area contributed by atoms with Crippen LogP contribution in [0, 0.1) is 0 Å². The Labute approximate surface area is 107 Å². The summed E-state index contributed by atoms with van der Waals surface area (Å²) >= 11 is 0. The van der Waals surface area contributed by atoms with Gasteiger partial charge in [0.05, 0.1) is 20.4 Å². The van der Waals surface area contributed by atoms with Crippen LogP contribution in [-0.2, 0) is 13.5 Å². The van der Waals surface area contributed by atoms with Gasteiger partial charge in [-0.15, -0.1) is 0 Å². The van der Waals surface area contributed by atoms with Crippen molar-refractivity contribution in [1.82, 2.24) is 9.78 Å². The van der Waals surface area contributed by atoms with Crippen molar-refractivity contribution >= 4 is 0 Å². The molecule has 0 amide bonds. The molecule has 0 saturated carbocycles. The first-order valence-corrected chi connectivity index (χ1v) is 5.94. The van der Waals surface area contributed by atoms with Gasteiger partial charge < -0.3 is 9.47 Å². The van der Waals surface area contributed by atoms with Crippen molar-refractivity contribution in [3.63, 3.8) is 0 Å². The van der Waals surface area contributed by atoms with Gasteiger partial charge in [0.2, 0.25) is 0 Å². The van der Waals surface area contributed by atoms with Crippen LogP contribution in [0.15, 0.2) is 24.4 Å². The van der Waals surface area contributed by atoms with E-state index in [4.69, 9.17) is 9.47 Å². The van der Waals surface area contributed by atoms with Crippen LogP contribution in [0.25, 0.3) is 11.1 Å². The van der Waals surface area contributed by atoms with E-state index in [1.807, 2.05) is 36.1 Å². The second-order valence-corrected chi connectivity index (χ2v) is 4.08. The lowest BCUT2D eigenvalue weighted by Gasteiger charge is -2.09. The summed E-state index contributed by atoms with van der Waals surface area (Å²) in [4.78, 5) is 0. The van der Waals surface area contributed by atoms with Crippen LogP contribution in [0.3, 0.4) is 0 Å². The molecule has 0 aliphatic carbocycles. The van der Waals surface area contributed by atoms with Gasteiger partial charge in [-0.1, -0.05) is 6.92 Å². The Morgan fingerprint density at radius 3 is 2.22 bits per heavy atom. The van der Waals surface area contributed by atoms with Crippen molar-refractivity contribution < 1.29 is 9.47 Å². The highest BCUT2D eigenvalue weighted by Gasteiger charge is 2.11. The molecule has 96 valence electrons. The van der Waals surface area contributed by atoms with Crippen LogP contribution < -0.4 is 9.47 Å². The molecule has 4 nitrogen and oxygen atoms in total. The standard InChI is InChI=1S/C14H18N2O2/c1-5-14-13(9-15-16(14)2)10-6-11(17-3)8-12(7-10)18-4/h6-9H,5H2,1-4H3. The zero-order valence-corrected chi connectivity index (χ0v) is 11.2. The van der Waals surface area contributed by atoms with E-state index in [0.29, 0.717) is 0 Å². The van der Waals surface area contributed by atoms with E-state index < -0.39 is 0 Å². The van der Waals surface area contributed by atoms with Gasteiger partial charge in [0.15, 0.2) is 0 Å². The van der Waals surface area contributed by atoms with E-state index in [2.05, 4.69) is 12.0 Å². The first-order valence-electron chi connectivity index (χ1n) is 5.94. The molecule has 1 aromatic carbocycles. The van der Waals surface area contributed by atoms with Gasteiger partial charge in [-0.3, -0.25) is 4.68 Å². The summed E-state index contributed by atoms with van der Waals surface area (Å²) in [6, 6.07) is 5.86. The number of hydrogen-bond acceptors (Lipinski definition) is 3. The first-order chi connectivity index (χ1) is 8.69. The molecule has 18 heavy (non-hydrogen) atoms. The normalized spacial score (nSPS) is 10.4. The molecule has 0 atom stereocenters. The van der Waals surface area contributed by atoms with Crippen LogP contribution >= 0.6 is 0 Å². The van der Waals surface area contributed by atoms with Gasteiger partial charge in [0.1, 0.15) is 11.5 Å². The van der Waals surface area contributed by atoms with Crippen molar-refractivity contribution in [2.45, 2.75) is 13.3 Å². The summed E-state index contributed by atoms with van der Waals surface area (Å²) in [6.45, 7) is 2.12. The van der Waals surface area contributed by atoms with Crippen LogP contribution in [-0.4, -0.2) is 24.0 Å². The quantitative estimate of drug-likeness (QED) is 0.832. The average molecular weight is 246 g/mol. The van der Waals surface area contributed by atoms with E-state index in [1.54, 1.807) is 14.2 Å². The Morgan fingerprint density at radius 1 is 1.11 bits per heavy atom. The SMILES string of the molecule is CCc1c(-c2cc(OC)cc(OC)c2)cnn1C. The van der Waals surface area contributed by atoms with Crippen molar-refractivity contribution in [2.75, 3.05) is 14.2 Å². The topological polar surface area (TPSA) is 36.3 Å². The smallest absolute Gasteiger partial charge is 0.123 e. The molecular formula is C14H18N2O2. The lowest BCUT2D eigenvalue weighted by Crippen LogP contribution is -1.97. The third-order valence-corrected chi connectivity index (χ3v) is 3.06. The predicted molar refractivity (Wildman–Crippen MR) is 71.1 cm³/mol. The van der Waals surface area contributed by atoms with Crippen LogP contribution in [0.4, 0.5) is 0 Å². The number of aromatic nitrogens is 2. The summed E-state index contributed by atoms with van der Waals surface area (Å²) < 4.78 is 12.5. The molecule has 0 aliphatic rings. The van der Waals surface area contributed by atoms with Crippen molar-refractivity contribution in [2.24, 2.45) is 7.05 Å². The van der Waals surface area contributed by atoms with Crippen LogP contribution in [0.2, 0.25) is 0 Å².